The van der Waals surface area contributed by atoms with Crippen molar-refractivity contribution in [1.29, 1.82) is 0 Å². The van der Waals surface area contributed by atoms with Crippen LogP contribution in [0.5, 0.6) is 0 Å². The number of rotatable bonds is 2. The maximum Gasteiger partial charge on any atom is 0.0630 e. The van der Waals surface area contributed by atoms with E-state index >= 15 is 0 Å². The molecule has 0 saturated heterocycles. The Morgan fingerprint density at radius 1 is 0.938 bits per heavy atom. The molecule has 0 spiro atoms. The molecule has 0 radical (unpaired) electrons. The van der Waals surface area contributed by atoms with Gasteiger partial charge in [-0.1, -0.05) is 23.7 Å². The molecule has 3 heteroatoms. The van der Waals surface area contributed by atoms with Crippen molar-refractivity contribution < 1.29 is 0 Å². The van der Waals surface area contributed by atoms with Gasteiger partial charge in [-0.2, -0.15) is 0 Å². The molecule has 0 fully saturated rings. The van der Waals surface area contributed by atoms with Gasteiger partial charge in [-0.15, -0.1) is 0 Å². The Kier molecular flexibility index (Phi) is 3.96. The van der Waals surface area contributed by atoms with Gasteiger partial charge in [0.1, 0.15) is 0 Å². The molecule has 0 amide bonds. The Morgan fingerprint density at radius 2 is 1.56 bits per heavy atom. The summed E-state index contributed by atoms with van der Waals surface area (Å²) in [5, 5.41) is 0.742. The molecular formula is C13H9ClIN. The zero-order valence-corrected chi connectivity index (χ0v) is 11.3. The van der Waals surface area contributed by atoms with E-state index in [0.717, 1.165) is 16.3 Å². The second-order valence-corrected chi connectivity index (χ2v) is 4.97. The Morgan fingerprint density at radius 3 is 2.19 bits per heavy atom. The lowest BCUT2D eigenvalue weighted by atomic mass is 10.2. The van der Waals surface area contributed by atoms with Gasteiger partial charge < -0.3 is 0 Å². The minimum absolute atomic E-state index is 0.742. The van der Waals surface area contributed by atoms with E-state index in [4.69, 9.17) is 11.6 Å². The minimum atomic E-state index is 0.742. The van der Waals surface area contributed by atoms with Gasteiger partial charge in [-0.05, 0) is 64.6 Å². The molecule has 1 nitrogen and oxygen atoms in total. The van der Waals surface area contributed by atoms with Crippen LogP contribution in [0.2, 0.25) is 5.02 Å². The number of nitrogens with zero attached hydrogens (tertiary/aromatic N) is 1. The van der Waals surface area contributed by atoms with Gasteiger partial charge in [-0.3, -0.25) is 4.99 Å². The highest BCUT2D eigenvalue weighted by molar-refractivity contribution is 14.1. The topological polar surface area (TPSA) is 12.4 Å². The molecule has 16 heavy (non-hydrogen) atoms. The highest BCUT2D eigenvalue weighted by Crippen LogP contribution is 2.14. The Bertz CT molecular complexity index is 441. The van der Waals surface area contributed by atoms with Gasteiger partial charge in [0.05, 0.1) is 5.69 Å². The van der Waals surface area contributed by atoms with Crippen molar-refractivity contribution in [3.8, 4) is 0 Å². The fraction of sp³-hybridized carbons (Fsp3) is 0. The fourth-order valence-corrected chi connectivity index (χ4v) is 1.71. The van der Waals surface area contributed by atoms with E-state index in [2.05, 4.69) is 27.6 Å². The zero-order chi connectivity index (χ0) is 11.4. The molecule has 0 aromatic heterocycles. The number of aliphatic imine (C=N–C) groups is 1. The molecule has 0 unspecified atom stereocenters. The van der Waals surface area contributed by atoms with Crippen LogP contribution >= 0.6 is 34.2 Å². The van der Waals surface area contributed by atoms with Crippen LogP contribution in [0.1, 0.15) is 5.56 Å². The molecule has 0 atom stereocenters. The van der Waals surface area contributed by atoms with Crippen molar-refractivity contribution in [1.82, 2.24) is 0 Å². The molecule has 2 aromatic rings. The molecule has 0 aliphatic heterocycles. The van der Waals surface area contributed by atoms with Crippen LogP contribution in [-0.2, 0) is 0 Å². The van der Waals surface area contributed by atoms with Gasteiger partial charge in [0, 0.05) is 14.8 Å². The molecule has 0 heterocycles. The number of halogens is 2. The summed E-state index contributed by atoms with van der Waals surface area (Å²) in [5.41, 5.74) is 2.00. The second-order valence-electron chi connectivity index (χ2n) is 3.29. The van der Waals surface area contributed by atoms with Crippen molar-refractivity contribution in [2.45, 2.75) is 0 Å². The summed E-state index contributed by atoms with van der Waals surface area (Å²) in [5.74, 6) is 0. The van der Waals surface area contributed by atoms with Crippen molar-refractivity contribution in [3.05, 3.63) is 62.7 Å². The molecule has 0 aliphatic rings. The highest BCUT2D eigenvalue weighted by Gasteiger charge is 1.90. The van der Waals surface area contributed by atoms with Crippen LogP contribution in [-0.4, -0.2) is 6.21 Å². The third-order valence-electron chi connectivity index (χ3n) is 2.06. The quantitative estimate of drug-likeness (QED) is 0.555. The van der Waals surface area contributed by atoms with Crippen LogP contribution in [0.15, 0.2) is 53.5 Å². The van der Waals surface area contributed by atoms with Crippen molar-refractivity contribution in [2.75, 3.05) is 0 Å². The van der Waals surface area contributed by atoms with E-state index < -0.39 is 0 Å². The van der Waals surface area contributed by atoms with Crippen LogP contribution in [0.3, 0.4) is 0 Å². The minimum Gasteiger partial charge on any atom is -0.256 e. The molecular weight excluding hydrogens is 333 g/mol. The first-order valence-electron chi connectivity index (χ1n) is 4.79. The zero-order valence-electron chi connectivity index (χ0n) is 8.40. The van der Waals surface area contributed by atoms with E-state index in [9.17, 15) is 0 Å². The van der Waals surface area contributed by atoms with Gasteiger partial charge in [0.2, 0.25) is 0 Å². The summed E-state index contributed by atoms with van der Waals surface area (Å²) in [4.78, 5) is 4.38. The maximum atomic E-state index is 5.80. The van der Waals surface area contributed by atoms with Crippen LogP contribution in [0.25, 0.3) is 0 Å². The summed E-state index contributed by atoms with van der Waals surface area (Å²) in [6.07, 6.45) is 1.83. The van der Waals surface area contributed by atoms with E-state index in [1.165, 1.54) is 3.57 Å². The number of hydrogen-bond donors (Lipinski definition) is 0. The summed E-state index contributed by atoms with van der Waals surface area (Å²) in [6.45, 7) is 0. The van der Waals surface area contributed by atoms with E-state index in [-0.39, 0.29) is 0 Å². The fourth-order valence-electron chi connectivity index (χ4n) is 1.23. The van der Waals surface area contributed by atoms with E-state index in [0.29, 0.717) is 0 Å². The largest absolute Gasteiger partial charge is 0.256 e. The summed E-state index contributed by atoms with van der Waals surface area (Å²) >= 11 is 8.07. The third kappa shape index (κ3) is 3.32. The number of hydrogen-bond acceptors (Lipinski definition) is 1. The van der Waals surface area contributed by atoms with Gasteiger partial charge in [0.25, 0.3) is 0 Å². The summed E-state index contributed by atoms with van der Waals surface area (Å²) in [6, 6.07) is 15.7. The molecule has 0 N–H and O–H groups in total. The Labute approximate surface area is 113 Å². The average Bonchev–Trinajstić information content (AvgIpc) is 2.30. The van der Waals surface area contributed by atoms with Crippen molar-refractivity contribution >= 4 is 46.1 Å². The smallest absolute Gasteiger partial charge is 0.0630 e. The molecule has 0 bridgehead atoms. The van der Waals surface area contributed by atoms with Gasteiger partial charge in [-0.25, -0.2) is 0 Å². The maximum absolute atomic E-state index is 5.80. The summed E-state index contributed by atoms with van der Waals surface area (Å²) < 4.78 is 1.21. The predicted molar refractivity (Wildman–Crippen MR) is 77.9 cm³/mol. The van der Waals surface area contributed by atoms with Crippen LogP contribution in [0.4, 0.5) is 5.69 Å². The molecule has 0 saturated carbocycles. The first kappa shape index (κ1) is 11.6. The molecule has 80 valence electrons. The standard InChI is InChI=1S/C13H9ClIN/c14-11-3-1-10(2-4-11)9-16-13-7-5-12(15)6-8-13/h1-9H/b16-9+. The van der Waals surface area contributed by atoms with Crippen molar-refractivity contribution in [2.24, 2.45) is 4.99 Å². The second kappa shape index (κ2) is 5.46. The summed E-state index contributed by atoms with van der Waals surface area (Å²) in [7, 11) is 0. The molecule has 0 aliphatic carbocycles. The van der Waals surface area contributed by atoms with E-state index in [1.54, 1.807) is 0 Å². The molecule has 2 rings (SSSR count). The normalized spacial score (nSPS) is 10.9. The van der Waals surface area contributed by atoms with Crippen LogP contribution < -0.4 is 0 Å². The molecule has 2 aromatic carbocycles. The first-order chi connectivity index (χ1) is 7.74. The first-order valence-corrected chi connectivity index (χ1v) is 6.25. The average molecular weight is 342 g/mol. The highest BCUT2D eigenvalue weighted by atomic mass is 127. The van der Waals surface area contributed by atoms with Gasteiger partial charge >= 0.3 is 0 Å². The Hall–Kier alpha value is -0.870. The predicted octanol–water partition coefficient (Wildman–Crippen LogP) is 4.70. The number of benzene rings is 2. The monoisotopic (exact) mass is 341 g/mol. The lowest BCUT2D eigenvalue weighted by Crippen LogP contribution is -1.78. The van der Waals surface area contributed by atoms with Crippen LogP contribution in [0, 0.1) is 3.57 Å². The Balaban J connectivity index is 2.15. The SMILES string of the molecule is Clc1ccc(/C=N/c2ccc(I)cc2)cc1. The lowest BCUT2D eigenvalue weighted by Gasteiger charge is -1.95. The van der Waals surface area contributed by atoms with Crippen molar-refractivity contribution in [3.63, 3.8) is 0 Å². The van der Waals surface area contributed by atoms with Gasteiger partial charge in [0.15, 0.2) is 0 Å². The third-order valence-corrected chi connectivity index (χ3v) is 3.03. The van der Waals surface area contributed by atoms with E-state index in [1.807, 2.05) is 54.7 Å². The lowest BCUT2D eigenvalue weighted by molar-refractivity contribution is 1.51.